The van der Waals surface area contributed by atoms with Gasteiger partial charge >= 0.3 is 17.9 Å². The molecule has 0 rings (SSSR count). The van der Waals surface area contributed by atoms with E-state index in [0.717, 1.165) is 135 Å². The van der Waals surface area contributed by atoms with E-state index >= 15 is 0 Å². The van der Waals surface area contributed by atoms with E-state index in [9.17, 15) is 14.4 Å². The van der Waals surface area contributed by atoms with Gasteiger partial charge in [-0.05, 0) is 135 Å². The van der Waals surface area contributed by atoms with Crippen molar-refractivity contribution in [3.63, 3.8) is 0 Å². The van der Waals surface area contributed by atoms with Gasteiger partial charge in [0.1, 0.15) is 13.2 Å². The van der Waals surface area contributed by atoms with Crippen LogP contribution in [0.1, 0.15) is 201 Å². The van der Waals surface area contributed by atoms with Crippen LogP contribution in [0, 0.1) is 0 Å². The van der Waals surface area contributed by atoms with Crippen LogP contribution in [0.5, 0.6) is 0 Å². The van der Waals surface area contributed by atoms with E-state index < -0.39 is 6.10 Å². The third-order valence-electron chi connectivity index (χ3n) is 10.3. The van der Waals surface area contributed by atoms with Gasteiger partial charge < -0.3 is 14.2 Å². The number of carbonyl (C=O) groups is 3. The first-order chi connectivity index (χ1) is 33.0. The molecule has 0 aliphatic carbocycles. The lowest BCUT2D eigenvalue weighted by atomic mass is 10.1. The number of esters is 3. The molecule has 0 aliphatic rings. The van der Waals surface area contributed by atoms with Crippen LogP contribution in [-0.2, 0) is 28.6 Å². The number of hydrogen-bond donors (Lipinski definition) is 0. The highest BCUT2D eigenvalue weighted by Gasteiger charge is 2.19. The molecular formula is C61H94O6. The largest absolute Gasteiger partial charge is 0.462 e. The Hall–Kier alpha value is -4.71. The van der Waals surface area contributed by atoms with Crippen molar-refractivity contribution >= 4 is 17.9 Å². The summed E-state index contributed by atoms with van der Waals surface area (Å²) in [5.74, 6) is -1.03. The minimum atomic E-state index is -0.829. The Morgan fingerprint density at radius 1 is 0.299 bits per heavy atom. The highest BCUT2D eigenvalue weighted by molar-refractivity contribution is 5.71. The zero-order valence-corrected chi connectivity index (χ0v) is 42.6. The van der Waals surface area contributed by atoms with Crippen molar-refractivity contribution in [3.8, 4) is 0 Å². The van der Waals surface area contributed by atoms with E-state index in [-0.39, 0.29) is 44.0 Å². The maximum Gasteiger partial charge on any atom is 0.306 e. The molecule has 1 atom stereocenters. The first-order valence-corrected chi connectivity index (χ1v) is 26.3. The Morgan fingerprint density at radius 2 is 0.537 bits per heavy atom. The number of unbranched alkanes of at least 4 members (excludes halogenated alkanes) is 10. The van der Waals surface area contributed by atoms with Crippen LogP contribution in [-0.4, -0.2) is 37.2 Å². The van der Waals surface area contributed by atoms with Crippen LogP contribution >= 0.6 is 0 Å². The molecule has 1 unspecified atom stereocenters. The fraction of sp³-hybridized carbons (Fsp3) is 0.557. The van der Waals surface area contributed by atoms with Crippen molar-refractivity contribution in [2.45, 2.75) is 207 Å². The van der Waals surface area contributed by atoms with Gasteiger partial charge in [0, 0.05) is 19.3 Å². The average molecular weight is 923 g/mol. The minimum Gasteiger partial charge on any atom is -0.462 e. The number of hydrogen-bond acceptors (Lipinski definition) is 6. The maximum atomic E-state index is 12.8. The summed E-state index contributed by atoms with van der Waals surface area (Å²) in [6.07, 6.45) is 76.9. The van der Waals surface area contributed by atoms with E-state index in [1.165, 1.54) is 12.8 Å². The minimum absolute atomic E-state index is 0.122. The van der Waals surface area contributed by atoms with Crippen molar-refractivity contribution in [3.05, 3.63) is 146 Å². The van der Waals surface area contributed by atoms with Crippen LogP contribution in [0.4, 0.5) is 0 Å². The lowest BCUT2D eigenvalue weighted by molar-refractivity contribution is -0.167. The van der Waals surface area contributed by atoms with Gasteiger partial charge in [-0.3, -0.25) is 14.4 Å². The molecule has 0 radical (unpaired) electrons. The highest BCUT2D eigenvalue weighted by Crippen LogP contribution is 2.12. The number of rotatable bonds is 45. The maximum absolute atomic E-state index is 12.8. The molecule has 67 heavy (non-hydrogen) atoms. The number of allylic oxidation sites excluding steroid dienone is 24. The van der Waals surface area contributed by atoms with E-state index in [0.29, 0.717) is 19.3 Å². The van der Waals surface area contributed by atoms with Crippen molar-refractivity contribution in [1.82, 2.24) is 0 Å². The molecule has 0 saturated carbocycles. The zero-order chi connectivity index (χ0) is 48.6. The third-order valence-corrected chi connectivity index (χ3v) is 10.3. The van der Waals surface area contributed by atoms with Gasteiger partial charge in [-0.25, -0.2) is 0 Å². The van der Waals surface area contributed by atoms with Gasteiger partial charge in [-0.2, -0.15) is 0 Å². The molecule has 0 saturated heterocycles. The number of ether oxygens (including phenoxy) is 3. The van der Waals surface area contributed by atoms with Crippen molar-refractivity contribution in [1.29, 1.82) is 0 Å². The molecule has 0 spiro atoms. The predicted octanol–water partition coefficient (Wildman–Crippen LogP) is 17.6. The molecule has 0 N–H and O–H groups in total. The molecule has 0 fully saturated rings. The fourth-order valence-electron chi connectivity index (χ4n) is 6.47. The van der Waals surface area contributed by atoms with Crippen LogP contribution in [0.15, 0.2) is 146 Å². The quantitative estimate of drug-likeness (QED) is 0.0262. The van der Waals surface area contributed by atoms with Gasteiger partial charge in [-0.1, -0.05) is 192 Å². The van der Waals surface area contributed by atoms with Gasteiger partial charge in [0.25, 0.3) is 0 Å². The topological polar surface area (TPSA) is 78.9 Å². The second-order valence-corrected chi connectivity index (χ2v) is 16.6. The highest BCUT2D eigenvalue weighted by atomic mass is 16.6. The monoisotopic (exact) mass is 923 g/mol. The van der Waals surface area contributed by atoms with E-state index in [1.54, 1.807) is 0 Å². The second kappa shape index (κ2) is 53.9. The van der Waals surface area contributed by atoms with Gasteiger partial charge in [0.2, 0.25) is 0 Å². The lowest BCUT2D eigenvalue weighted by Gasteiger charge is -2.18. The Kier molecular flexibility index (Phi) is 50.1. The molecule has 0 amide bonds. The van der Waals surface area contributed by atoms with Gasteiger partial charge in [0.05, 0.1) is 0 Å². The molecule has 374 valence electrons. The first-order valence-electron chi connectivity index (χ1n) is 26.3. The Labute approximate surface area is 410 Å². The summed E-state index contributed by atoms with van der Waals surface area (Å²) >= 11 is 0. The molecule has 6 nitrogen and oxygen atoms in total. The van der Waals surface area contributed by atoms with E-state index in [4.69, 9.17) is 14.2 Å². The molecule has 0 bridgehead atoms. The summed E-state index contributed by atoms with van der Waals surface area (Å²) in [7, 11) is 0. The molecule has 0 aromatic heterocycles. The molecule has 0 aromatic rings. The second-order valence-electron chi connectivity index (χ2n) is 16.6. The van der Waals surface area contributed by atoms with Gasteiger partial charge in [0.15, 0.2) is 6.10 Å². The summed E-state index contributed by atoms with van der Waals surface area (Å²) in [5.41, 5.74) is 0. The van der Waals surface area contributed by atoms with Crippen LogP contribution in [0.25, 0.3) is 0 Å². The molecule has 0 aromatic carbocycles. The molecule has 0 heterocycles. The normalized spacial score (nSPS) is 13.3. The van der Waals surface area contributed by atoms with E-state index in [1.807, 2.05) is 0 Å². The lowest BCUT2D eigenvalue weighted by Crippen LogP contribution is -2.30. The first kappa shape index (κ1) is 62.3. The van der Waals surface area contributed by atoms with Crippen LogP contribution in [0.2, 0.25) is 0 Å². The summed E-state index contributed by atoms with van der Waals surface area (Å²) in [6.45, 7) is 6.19. The predicted molar refractivity (Wildman–Crippen MR) is 288 cm³/mol. The third kappa shape index (κ3) is 52.1. The van der Waals surface area contributed by atoms with Crippen LogP contribution < -0.4 is 0 Å². The SMILES string of the molecule is CC/C=C\C/C=C\C/C=C\C/C=C\CCCCCCCCC(=O)OCC(COC(=O)CCCC/C=C\C/C=C\C/C=C\C/C=C\CC)OC(=O)CCCC/C=C\C/C=C\C/C=C\C/C=C\CC. The fourth-order valence-corrected chi connectivity index (χ4v) is 6.47. The van der Waals surface area contributed by atoms with Crippen molar-refractivity contribution in [2.75, 3.05) is 13.2 Å². The Bertz CT molecular complexity index is 1530. The standard InChI is InChI=1S/C61H94O6/c1-4-7-10-13-16-19-22-25-28-29-30-31-34-36-39-42-45-48-51-54-60(63)66-57-58(67-61(64)55-52-49-46-43-40-37-33-27-24-21-18-15-12-9-6-3)56-65-59(62)53-50-47-44-41-38-35-32-26-23-20-17-14-11-8-5-2/h7-12,16-21,25-28,30-33,38,40-41,43,58H,4-6,13-15,22-24,29,34-37,39,42,44-57H2,1-3H3/b10-7-,11-8-,12-9-,19-16-,20-17-,21-18-,28-25-,31-30-,32-26-,33-27-,41-38-,43-40-. The Morgan fingerprint density at radius 3 is 0.866 bits per heavy atom. The number of carbonyl (C=O) groups excluding carboxylic acids is 3. The molecule has 0 aliphatic heterocycles. The van der Waals surface area contributed by atoms with Crippen molar-refractivity contribution in [2.24, 2.45) is 0 Å². The van der Waals surface area contributed by atoms with Gasteiger partial charge in [-0.15, -0.1) is 0 Å². The smallest absolute Gasteiger partial charge is 0.306 e. The Balaban J connectivity index is 4.56. The molecule has 6 heteroatoms. The summed E-state index contributed by atoms with van der Waals surface area (Å²) in [4.78, 5) is 38.0. The average Bonchev–Trinajstić information content (AvgIpc) is 3.33. The summed E-state index contributed by atoms with van der Waals surface area (Å²) in [5, 5.41) is 0. The summed E-state index contributed by atoms with van der Waals surface area (Å²) < 4.78 is 16.7. The van der Waals surface area contributed by atoms with Crippen molar-refractivity contribution < 1.29 is 28.6 Å². The zero-order valence-electron chi connectivity index (χ0n) is 42.6. The van der Waals surface area contributed by atoms with E-state index in [2.05, 4.69) is 167 Å². The van der Waals surface area contributed by atoms with Crippen LogP contribution in [0.3, 0.4) is 0 Å². The summed E-state index contributed by atoms with van der Waals surface area (Å²) in [6, 6.07) is 0. The molecular weight excluding hydrogens is 829 g/mol.